The minimum absolute atomic E-state index is 0. The standard InChI is InChI=1S/C21H32O3.H3N/c1-4-5-6-7-8-9-10-14-17-21(2,3)19(22)20(23)24-18-15-12-11-13-16-18;/h11-13,15-16H,4-10,14,17H2,1-3H3;1H3. The Morgan fingerprint density at radius 1 is 0.880 bits per heavy atom. The van der Waals surface area contributed by atoms with Gasteiger partial charge in [0, 0.05) is 5.41 Å². The number of para-hydroxylation sites is 1. The summed E-state index contributed by atoms with van der Waals surface area (Å²) in [5.74, 6) is -0.779. The van der Waals surface area contributed by atoms with Gasteiger partial charge >= 0.3 is 5.97 Å². The Bertz CT molecular complexity index is 497. The Morgan fingerprint density at radius 2 is 1.40 bits per heavy atom. The number of unbranched alkanes of at least 4 members (excludes halogenated alkanes) is 7. The summed E-state index contributed by atoms with van der Waals surface area (Å²) in [7, 11) is 0. The molecule has 0 bridgehead atoms. The maximum Gasteiger partial charge on any atom is 0.380 e. The van der Waals surface area contributed by atoms with E-state index in [2.05, 4.69) is 6.92 Å². The van der Waals surface area contributed by atoms with E-state index in [9.17, 15) is 9.59 Å². The monoisotopic (exact) mass is 349 g/mol. The molecule has 0 aliphatic heterocycles. The highest BCUT2D eigenvalue weighted by molar-refractivity contribution is 6.36. The van der Waals surface area contributed by atoms with Crippen molar-refractivity contribution in [2.45, 2.75) is 78.6 Å². The van der Waals surface area contributed by atoms with Crippen molar-refractivity contribution in [2.75, 3.05) is 0 Å². The molecule has 3 N–H and O–H groups in total. The van der Waals surface area contributed by atoms with Crippen molar-refractivity contribution in [2.24, 2.45) is 5.41 Å². The van der Waals surface area contributed by atoms with Crippen molar-refractivity contribution in [1.29, 1.82) is 0 Å². The quantitative estimate of drug-likeness (QED) is 0.221. The molecule has 0 aromatic heterocycles. The molecule has 1 aromatic rings. The van der Waals surface area contributed by atoms with Crippen LogP contribution in [0.4, 0.5) is 0 Å². The molecule has 0 aliphatic rings. The van der Waals surface area contributed by atoms with Crippen molar-refractivity contribution >= 4 is 11.8 Å². The van der Waals surface area contributed by atoms with Gasteiger partial charge in [-0.05, 0) is 18.6 Å². The largest absolute Gasteiger partial charge is 0.421 e. The Balaban J connectivity index is 0.00000576. The van der Waals surface area contributed by atoms with E-state index in [0.29, 0.717) is 5.75 Å². The third-order valence-electron chi connectivity index (χ3n) is 4.41. The maximum absolute atomic E-state index is 12.3. The van der Waals surface area contributed by atoms with Crippen LogP contribution < -0.4 is 10.9 Å². The van der Waals surface area contributed by atoms with Crippen molar-refractivity contribution in [3.05, 3.63) is 30.3 Å². The fourth-order valence-corrected chi connectivity index (χ4v) is 2.73. The average molecular weight is 350 g/mol. The summed E-state index contributed by atoms with van der Waals surface area (Å²) in [5, 5.41) is 0. The lowest BCUT2D eigenvalue weighted by atomic mass is 9.82. The molecule has 25 heavy (non-hydrogen) atoms. The molecule has 0 atom stereocenters. The minimum atomic E-state index is -0.759. The molecule has 0 spiro atoms. The number of hydrogen-bond acceptors (Lipinski definition) is 4. The van der Waals surface area contributed by atoms with Crippen LogP contribution in [-0.4, -0.2) is 11.8 Å². The van der Waals surface area contributed by atoms with Gasteiger partial charge < -0.3 is 10.9 Å². The second-order valence-corrected chi connectivity index (χ2v) is 7.14. The Labute approximate surface area is 152 Å². The fraction of sp³-hybridized carbons (Fsp3) is 0.619. The van der Waals surface area contributed by atoms with Crippen LogP contribution in [0.25, 0.3) is 0 Å². The number of rotatable bonds is 12. The third kappa shape index (κ3) is 9.40. The number of benzene rings is 1. The fourth-order valence-electron chi connectivity index (χ4n) is 2.73. The highest BCUT2D eigenvalue weighted by atomic mass is 16.5. The van der Waals surface area contributed by atoms with Crippen LogP contribution in [0.3, 0.4) is 0 Å². The predicted molar refractivity (Wildman–Crippen MR) is 103 cm³/mol. The van der Waals surface area contributed by atoms with E-state index in [1.807, 2.05) is 19.9 Å². The molecule has 1 rings (SSSR count). The predicted octanol–water partition coefficient (Wildman–Crippen LogP) is 5.88. The summed E-state index contributed by atoms with van der Waals surface area (Å²) in [5.41, 5.74) is -0.659. The molecule has 0 fully saturated rings. The highest BCUT2D eigenvalue weighted by Crippen LogP contribution is 2.26. The van der Waals surface area contributed by atoms with Crippen LogP contribution in [0.1, 0.15) is 78.6 Å². The molecule has 0 saturated heterocycles. The summed E-state index contributed by atoms with van der Waals surface area (Å²) in [6.07, 6.45) is 10.5. The van der Waals surface area contributed by atoms with Crippen molar-refractivity contribution < 1.29 is 14.3 Å². The lowest BCUT2D eigenvalue weighted by molar-refractivity contribution is -0.151. The van der Waals surface area contributed by atoms with Crippen LogP contribution in [-0.2, 0) is 9.59 Å². The maximum atomic E-state index is 12.3. The van der Waals surface area contributed by atoms with E-state index in [-0.39, 0.29) is 6.15 Å². The Morgan fingerprint density at radius 3 is 1.96 bits per heavy atom. The zero-order valence-corrected chi connectivity index (χ0v) is 16.2. The number of carbonyl (C=O) groups is 2. The molecule has 4 nitrogen and oxygen atoms in total. The summed E-state index contributed by atoms with van der Waals surface area (Å²) in [6.45, 7) is 5.90. The smallest absolute Gasteiger partial charge is 0.380 e. The Hall–Kier alpha value is -1.68. The zero-order valence-electron chi connectivity index (χ0n) is 16.2. The second kappa shape index (κ2) is 12.6. The zero-order chi connectivity index (χ0) is 17.8. The minimum Gasteiger partial charge on any atom is -0.421 e. The van der Waals surface area contributed by atoms with Gasteiger partial charge in [0.15, 0.2) is 0 Å². The molecule has 0 unspecified atom stereocenters. The topological polar surface area (TPSA) is 78.4 Å². The van der Waals surface area contributed by atoms with Gasteiger partial charge in [-0.3, -0.25) is 4.79 Å². The SMILES string of the molecule is CCCCCCCCCCC(C)(C)C(=O)C(=O)Oc1ccccc1.N. The van der Waals surface area contributed by atoms with Crippen LogP contribution in [0.15, 0.2) is 30.3 Å². The molecule has 142 valence electrons. The number of Topliss-reactive ketones (excluding diaryl/α,β-unsaturated/α-hetero) is 1. The first-order chi connectivity index (χ1) is 11.5. The molecule has 0 heterocycles. The van der Waals surface area contributed by atoms with Gasteiger partial charge in [0.05, 0.1) is 0 Å². The summed E-state index contributed by atoms with van der Waals surface area (Å²) in [4.78, 5) is 24.4. The lowest BCUT2D eigenvalue weighted by Crippen LogP contribution is -2.34. The van der Waals surface area contributed by atoms with E-state index in [1.54, 1.807) is 24.3 Å². The van der Waals surface area contributed by atoms with Crippen LogP contribution in [0.5, 0.6) is 5.75 Å². The first kappa shape index (κ1) is 23.3. The molecule has 1 aromatic carbocycles. The van der Waals surface area contributed by atoms with Gasteiger partial charge in [0.25, 0.3) is 0 Å². The average Bonchev–Trinajstić information content (AvgIpc) is 2.57. The van der Waals surface area contributed by atoms with E-state index >= 15 is 0 Å². The molecular formula is C21H35NO3. The first-order valence-corrected chi connectivity index (χ1v) is 9.29. The number of esters is 1. The molecule has 0 saturated carbocycles. The van der Waals surface area contributed by atoms with Gasteiger partial charge in [0.2, 0.25) is 5.78 Å². The molecular weight excluding hydrogens is 314 g/mol. The number of hydrogen-bond donors (Lipinski definition) is 1. The number of ether oxygens (including phenoxy) is 1. The normalized spacial score (nSPS) is 10.8. The van der Waals surface area contributed by atoms with E-state index < -0.39 is 17.2 Å². The van der Waals surface area contributed by atoms with Crippen molar-refractivity contribution in [1.82, 2.24) is 6.15 Å². The van der Waals surface area contributed by atoms with Gasteiger partial charge in [-0.15, -0.1) is 0 Å². The van der Waals surface area contributed by atoms with Gasteiger partial charge in [0.1, 0.15) is 5.75 Å². The summed E-state index contributed by atoms with van der Waals surface area (Å²) >= 11 is 0. The molecule has 0 amide bonds. The van der Waals surface area contributed by atoms with Gasteiger partial charge in [-0.2, -0.15) is 0 Å². The Kier molecular flexibility index (Phi) is 11.8. The first-order valence-electron chi connectivity index (χ1n) is 9.29. The summed E-state index contributed by atoms with van der Waals surface area (Å²) in [6, 6.07) is 8.75. The summed E-state index contributed by atoms with van der Waals surface area (Å²) < 4.78 is 5.16. The lowest BCUT2D eigenvalue weighted by Gasteiger charge is -2.21. The molecule has 4 heteroatoms. The van der Waals surface area contributed by atoms with Crippen molar-refractivity contribution in [3.63, 3.8) is 0 Å². The number of carbonyl (C=O) groups excluding carboxylic acids is 2. The molecule has 0 radical (unpaired) electrons. The third-order valence-corrected chi connectivity index (χ3v) is 4.41. The van der Waals surface area contributed by atoms with Crippen molar-refractivity contribution in [3.8, 4) is 5.75 Å². The van der Waals surface area contributed by atoms with Crippen LogP contribution >= 0.6 is 0 Å². The number of ketones is 1. The van der Waals surface area contributed by atoms with E-state index in [4.69, 9.17) is 4.74 Å². The molecule has 0 aliphatic carbocycles. The van der Waals surface area contributed by atoms with Gasteiger partial charge in [-0.1, -0.05) is 90.3 Å². The van der Waals surface area contributed by atoms with Crippen LogP contribution in [0.2, 0.25) is 0 Å². The van der Waals surface area contributed by atoms with E-state index in [1.165, 1.54) is 38.5 Å². The van der Waals surface area contributed by atoms with Crippen LogP contribution in [0, 0.1) is 5.41 Å². The second-order valence-electron chi connectivity index (χ2n) is 7.14. The van der Waals surface area contributed by atoms with E-state index in [0.717, 1.165) is 19.3 Å². The van der Waals surface area contributed by atoms with Gasteiger partial charge in [-0.25, -0.2) is 4.79 Å². The highest BCUT2D eigenvalue weighted by Gasteiger charge is 2.34.